The molecule has 2 heterocycles. The molecule has 2 atom stereocenters. The Labute approximate surface area is 197 Å². The molecule has 0 spiro atoms. The van der Waals surface area contributed by atoms with Crippen LogP contribution in [0.3, 0.4) is 0 Å². The van der Waals surface area contributed by atoms with E-state index in [-0.39, 0.29) is 11.9 Å². The zero-order chi connectivity index (χ0) is 22.5. The normalized spacial score (nSPS) is 22.1. The molecule has 1 saturated carbocycles. The van der Waals surface area contributed by atoms with Crippen molar-refractivity contribution >= 4 is 11.7 Å². The quantitative estimate of drug-likeness (QED) is 0.495. The molecule has 1 aromatic heterocycles. The van der Waals surface area contributed by atoms with Gasteiger partial charge in [-0.3, -0.25) is 14.6 Å². The van der Waals surface area contributed by atoms with Crippen molar-refractivity contribution in [1.29, 1.82) is 0 Å². The van der Waals surface area contributed by atoms with Crippen molar-refractivity contribution in [1.82, 2.24) is 9.88 Å². The van der Waals surface area contributed by atoms with Crippen LogP contribution in [-0.2, 0) is 0 Å². The van der Waals surface area contributed by atoms with Crippen LogP contribution in [0.15, 0.2) is 85.1 Å². The van der Waals surface area contributed by atoms with Gasteiger partial charge in [0.25, 0.3) is 5.91 Å². The first-order chi connectivity index (χ1) is 16.3. The minimum atomic E-state index is 0.0487. The maximum absolute atomic E-state index is 13.5. The van der Waals surface area contributed by atoms with Crippen LogP contribution in [0.5, 0.6) is 0 Å². The van der Waals surface area contributed by atoms with Crippen LogP contribution in [0.25, 0.3) is 0 Å². The van der Waals surface area contributed by atoms with Gasteiger partial charge in [-0.2, -0.15) is 0 Å². The van der Waals surface area contributed by atoms with Gasteiger partial charge < -0.3 is 0 Å². The molecule has 2 fully saturated rings. The lowest BCUT2D eigenvalue weighted by molar-refractivity contribution is 0.0893. The third kappa shape index (κ3) is 4.86. The molecule has 2 aliphatic rings. The number of amides is 1. The summed E-state index contributed by atoms with van der Waals surface area (Å²) in [6, 6.07) is 27.3. The Kier molecular flexibility index (Phi) is 6.82. The highest BCUT2D eigenvalue weighted by molar-refractivity contribution is 6.06. The van der Waals surface area contributed by atoms with Gasteiger partial charge in [0.05, 0.1) is 0 Å². The molecule has 0 radical (unpaired) electrons. The first-order valence-electron chi connectivity index (χ1n) is 12.4. The smallest absolute Gasteiger partial charge is 0.259 e. The summed E-state index contributed by atoms with van der Waals surface area (Å²) in [7, 11) is 0. The van der Waals surface area contributed by atoms with Crippen molar-refractivity contribution < 1.29 is 4.79 Å². The monoisotopic (exact) mass is 439 g/mol. The van der Waals surface area contributed by atoms with E-state index in [0.717, 1.165) is 37.3 Å². The van der Waals surface area contributed by atoms with E-state index < -0.39 is 0 Å². The van der Waals surface area contributed by atoms with E-state index in [9.17, 15) is 4.79 Å². The first kappa shape index (κ1) is 21.8. The van der Waals surface area contributed by atoms with Gasteiger partial charge in [-0.05, 0) is 61.4 Å². The second-order valence-electron chi connectivity index (χ2n) is 9.37. The van der Waals surface area contributed by atoms with Crippen LogP contribution in [-0.4, -0.2) is 41.0 Å². The number of benzene rings is 2. The number of rotatable bonds is 5. The summed E-state index contributed by atoms with van der Waals surface area (Å²) in [5.74, 6) is 1.42. The number of likely N-dealkylation sites (tertiary alicyclic amines) is 1. The zero-order valence-corrected chi connectivity index (χ0v) is 19.2. The molecular formula is C29H33N3O. The third-order valence-electron chi connectivity index (χ3n) is 7.43. The number of hydrogen-bond donors (Lipinski definition) is 0. The molecule has 2 unspecified atom stereocenters. The molecule has 1 aliphatic carbocycles. The number of piperidine rings is 1. The van der Waals surface area contributed by atoms with Crippen molar-refractivity contribution in [2.75, 3.05) is 18.0 Å². The molecule has 3 aromatic rings. The SMILES string of the molecule is O=C(c1ccccc1)N(c1ccccn1)C1CCN(C2CCCCC2c2ccccc2)CC1. The van der Waals surface area contributed by atoms with Gasteiger partial charge in [0.1, 0.15) is 5.82 Å². The summed E-state index contributed by atoms with van der Waals surface area (Å²) in [6.45, 7) is 2.06. The fraction of sp³-hybridized carbons (Fsp3) is 0.379. The standard InChI is InChI=1S/C29H33N3O/c33-29(24-13-5-2-6-14-24)32(28-17-9-10-20-30-28)25-18-21-31(22-19-25)27-16-8-7-15-26(27)23-11-3-1-4-12-23/h1-6,9-14,17,20,25-27H,7-8,15-16,18-19,21-22H2. The summed E-state index contributed by atoms with van der Waals surface area (Å²) < 4.78 is 0. The van der Waals surface area contributed by atoms with Gasteiger partial charge in [-0.25, -0.2) is 4.98 Å². The summed E-state index contributed by atoms with van der Waals surface area (Å²) in [6.07, 6.45) is 8.94. The van der Waals surface area contributed by atoms with Gasteiger partial charge in [-0.1, -0.05) is 67.4 Å². The summed E-state index contributed by atoms with van der Waals surface area (Å²) in [5.41, 5.74) is 2.21. The molecule has 33 heavy (non-hydrogen) atoms. The molecule has 0 bridgehead atoms. The summed E-state index contributed by atoms with van der Waals surface area (Å²) >= 11 is 0. The average molecular weight is 440 g/mol. The van der Waals surface area contributed by atoms with Crippen molar-refractivity contribution in [3.63, 3.8) is 0 Å². The van der Waals surface area contributed by atoms with E-state index in [1.807, 2.05) is 53.4 Å². The molecule has 0 N–H and O–H groups in total. The maximum Gasteiger partial charge on any atom is 0.259 e. The van der Waals surface area contributed by atoms with Crippen molar-refractivity contribution in [2.45, 2.75) is 56.5 Å². The Hall–Kier alpha value is -2.98. The van der Waals surface area contributed by atoms with Crippen LogP contribution < -0.4 is 4.90 Å². The Morgan fingerprint density at radius 2 is 1.45 bits per heavy atom. The molecule has 5 rings (SSSR count). The predicted molar refractivity (Wildman–Crippen MR) is 134 cm³/mol. The van der Waals surface area contributed by atoms with E-state index in [0.29, 0.717) is 12.0 Å². The second kappa shape index (κ2) is 10.3. The Bertz CT molecular complexity index is 1020. The molecule has 170 valence electrons. The summed E-state index contributed by atoms with van der Waals surface area (Å²) in [5, 5.41) is 0. The molecule has 1 saturated heterocycles. The van der Waals surface area contributed by atoms with Crippen molar-refractivity contribution in [2.24, 2.45) is 0 Å². The van der Waals surface area contributed by atoms with Crippen molar-refractivity contribution in [3.05, 3.63) is 96.2 Å². The molecule has 1 aliphatic heterocycles. The number of nitrogens with zero attached hydrogens (tertiary/aromatic N) is 3. The molecule has 4 heteroatoms. The van der Waals surface area contributed by atoms with E-state index in [1.54, 1.807) is 6.20 Å². The van der Waals surface area contributed by atoms with E-state index in [2.05, 4.69) is 40.2 Å². The lowest BCUT2D eigenvalue weighted by Crippen LogP contribution is -2.52. The topological polar surface area (TPSA) is 36.4 Å². The van der Waals surface area contributed by atoms with Gasteiger partial charge in [0.2, 0.25) is 0 Å². The highest BCUT2D eigenvalue weighted by Crippen LogP contribution is 2.38. The number of pyridine rings is 1. The van der Waals surface area contributed by atoms with Gasteiger partial charge in [0, 0.05) is 36.9 Å². The Morgan fingerprint density at radius 3 is 2.15 bits per heavy atom. The van der Waals surface area contributed by atoms with Crippen LogP contribution in [0.1, 0.15) is 60.4 Å². The molecule has 4 nitrogen and oxygen atoms in total. The lowest BCUT2D eigenvalue weighted by atomic mass is 9.78. The van der Waals surface area contributed by atoms with E-state index in [1.165, 1.54) is 31.2 Å². The maximum atomic E-state index is 13.5. The number of carbonyl (C=O) groups excluding carboxylic acids is 1. The fourth-order valence-electron chi connectivity index (χ4n) is 5.79. The number of anilines is 1. The highest BCUT2D eigenvalue weighted by Gasteiger charge is 2.36. The third-order valence-corrected chi connectivity index (χ3v) is 7.43. The largest absolute Gasteiger partial charge is 0.300 e. The first-order valence-corrected chi connectivity index (χ1v) is 12.4. The van der Waals surface area contributed by atoms with Crippen molar-refractivity contribution in [3.8, 4) is 0 Å². The average Bonchev–Trinajstić information content (AvgIpc) is 2.91. The van der Waals surface area contributed by atoms with E-state index >= 15 is 0 Å². The van der Waals surface area contributed by atoms with Crippen LogP contribution in [0, 0.1) is 0 Å². The van der Waals surface area contributed by atoms with E-state index in [4.69, 9.17) is 0 Å². The second-order valence-corrected chi connectivity index (χ2v) is 9.37. The number of aromatic nitrogens is 1. The van der Waals surface area contributed by atoms with Crippen LogP contribution >= 0.6 is 0 Å². The predicted octanol–water partition coefficient (Wildman–Crippen LogP) is 5.92. The summed E-state index contributed by atoms with van der Waals surface area (Å²) in [4.78, 5) is 22.7. The Balaban J connectivity index is 1.33. The molecular weight excluding hydrogens is 406 g/mol. The van der Waals surface area contributed by atoms with Gasteiger partial charge in [0.15, 0.2) is 0 Å². The fourth-order valence-corrected chi connectivity index (χ4v) is 5.79. The Morgan fingerprint density at radius 1 is 0.788 bits per heavy atom. The van der Waals surface area contributed by atoms with Crippen LogP contribution in [0.4, 0.5) is 5.82 Å². The van der Waals surface area contributed by atoms with Gasteiger partial charge in [-0.15, -0.1) is 0 Å². The zero-order valence-electron chi connectivity index (χ0n) is 19.2. The molecule has 1 amide bonds. The highest BCUT2D eigenvalue weighted by atomic mass is 16.2. The van der Waals surface area contributed by atoms with Crippen LogP contribution in [0.2, 0.25) is 0 Å². The number of hydrogen-bond acceptors (Lipinski definition) is 3. The lowest BCUT2D eigenvalue weighted by Gasteiger charge is -2.45. The number of carbonyl (C=O) groups is 1. The van der Waals surface area contributed by atoms with Gasteiger partial charge >= 0.3 is 0 Å². The minimum absolute atomic E-state index is 0.0487. The minimum Gasteiger partial charge on any atom is -0.300 e. The molecule has 2 aromatic carbocycles.